The minimum Gasteiger partial charge on any atom is -0.273 e. The summed E-state index contributed by atoms with van der Waals surface area (Å²) in [5.41, 5.74) is 4.11. The fraction of sp³-hybridized carbons (Fsp3) is 0.0588. The van der Waals surface area contributed by atoms with Crippen molar-refractivity contribution in [3.05, 3.63) is 79.9 Å². The third kappa shape index (κ3) is 6.32. The van der Waals surface area contributed by atoms with Crippen molar-refractivity contribution in [3.63, 3.8) is 0 Å². The lowest BCUT2D eigenvalue weighted by molar-refractivity contribution is -0.385. The molecule has 2 N–H and O–H groups in total. The summed E-state index contributed by atoms with van der Waals surface area (Å²) in [6, 6.07) is 11.6. The SMILES string of the molecule is O=C(CC(=O)N/N=C/c1ccccc1[N+](=O)[O-])N/N=C/c1ccccc1[N+](=O)[O-]. The van der Waals surface area contributed by atoms with Gasteiger partial charge in [0, 0.05) is 12.1 Å². The molecule has 0 saturated heterocycles. The highest BCUT2D eigenvalue weighted by Crippen LogP contribution is 2.15. The van der Waals surface area contributed by atoms with Crippen LogP contribution in [0.15, 0.2) is 58.7 Å². The van der Waals surface area contributed by atoms with Crippen LogP contribution in [0.4, 0.5) is 11.4 Å². The molecule has 0 aromatic heterocycles. The van der Waals surface area contributed by atoms with Gasteiger partial charge in [-0.15, -0.1) is 0 Å². The van der Waals surface area contributed by atoms with E-state index in [1.807, 2.05) is 0 Å². The van der Waals surface area contributed by atoms with Gasteiger partial charge in [-0.3, -0.25) is 29.8 Å². The van der Waals surface area contributed by atoms with Crippen molar-refractivity contribution in [2.45, 2.75) is 6.42 Å². The molecule has 0 spiro atoms. The maximum atomic E-state index is 11.7. The number of nitrogens with one attached hydrogen (secondary N) is 2. The Hall–Kier alpha value is -4.48. The summed E-state index contributed by atoms with van der Waals surface area (Å²) >= 11 is 0. The van der Waals surface area contributed by atoms with Crippen LogP contribution in [0.2, 0.25) is 0 Å². The van der Waals surface area contributed by atoms with E-state index in [1.54, 1.807) is 12.1 Å². The van der Waals surface area contributed by atoms with E-state index in [2.05, 4.69) is 21.1 Å². The molecule has 2 amide bonds. The molecule has 2 aromatic rings. The molecule has 12 nitrogen and oxygen atoms in total. The van der Waals surface area contributed by atoms with E-state index in [-0.39, 0.29) is 22.5 Å². The van der Waals surface area contributed by atoms with Crippen molar-refractivity contribution in [3.8, 4) is 0 Å². The number of hydrogen-bond donors (Lipinski definition) is 2. The van der Waals surface area contributed by atoms with E-state index in [9.17, 15) is 29.8 Å². The molecule has 0 atom stereocenters. The highest BCUT2D eigenvalue weighted by atomic mass is 16.6. The predicted octanol–water partition coefficient (Wildman–Crippen LogP) is 1.49. The molecule has 0 heterocycles. The number of carbonyl (C=O) groups is 2. The molecule has 2 rings (SSSR count). The Bertz CT molecular complexity index is 924. The van der Waals surface area contributed by atoms with E-state index >= 15 is 0 Å². The molecule has 12 heteroatoms. The van der Waals surface area contributed by atoms with E-state index in [4.69, 9.17) is 0 Å². The summed E-state index contributed by atoms with van der Waals surface area (Å²) in [6.45, 7) is 0. The Balaban J connectivity index is 1.86. The average Bonchev–Trinajstić information content (AvgIpc) is 2.68. The fourth-order valence-corrected chi connectivity index (χ4v) is 2.10. The highest BCUT2D eigenvalue weighted by molar-refractivity contribution is 5.97. The number of rotatable bonds is 8. The van der Waals surface area contributed by atoms with E-state index in [0.717, 1.165) is 12.4 Å². The van der Waals surface area contributed by atoms with Gasteiger partial charge in [0.25, 0.3) is 11.4 Å². The molecule has 0 aliphatic heterocycles. The Morgan fingerprint density at radius 3 is 1.55 bits per heavy atom. The molecule has 29 heavy (non-hydrogen) atoms. The quantitative estimate of drug-likeness (QED) is 0.295. The van der Waals surface area contributed by atoms with Gasteiger partial charge < -0.3 is 0 Å². The lowest BCUT2D eigenvalue weighted by Gasteiger charge is -2.00. The molecule has 0 aliphatic carbocycles. The Morgan fingerprint density at radius 2 is 1.17 bits per heavy atom. The van der Waals surface area contributed by atoms with E-state index in [0.29, 0.717) is 0 Å². The largest absolute Gasteiger partial charge is 0.278 e. The van der Waals surface area contributed by atoms with Gasteiger partial charge in [-0.05, 0) is 12.1 Å². The van der Waals surface area contributed by atoms with Crippen LogP contribution in [0.5, 0.6) is 0 Å². The van der Waals surface area contributed by atoms with Crippen molar-refractivity contribution < 1.29 is 19.4 Å². The molecule has 0 aliphatic rings. The van der Waals surface area contributed by atoms with Gasteiger partial charge in [0.15, 0.2) is 0 Å². The normalized spacial score (nSPS) is 10.8. The van der Waals surface area contributed by atoms with Crippen molar-refractivity contribution >= 4 is 35.6 Å². The van der Waals surface area contributed by atoms with Crippen LogP contribution in [-0.4, -0.2) is 34.1 Å². The number of nitrogens with zero attached hydrogens (tertiary/aromatic N) is 4. The fourth-order valence-electron chi connectivity index (χ4n) is 2.10. The zero-order valence-corrected chi connectivity index (χ0v) is 14.7. The van der Waals surface area contributed by atoms with Crippen LogP contribution < -0.4 is 10.9 Å². The van der Waals surface area contributed by atoms with Gasteiger partial charge in [-0.1, -0.05) is 24.3 Å². The number of benzene rings is 2. The van der Waals surface area contributed by atoms with Crippen LogP contribution in [0, 0.1) is 20.2 Å². The maximum Gasteiger partial charge on any atom is 0.278 e. The molecule has 0 saturated carbocycles. The first kappa shape index (κ1) is 20.8. The van der Waals surface area contributed by atoms with Crippen LogP contribution in [0.3, 0.4) is 0 Å². The van der Waals surface area contributed by atoms with Gasteiger partial charge in [0.1, 0.15) is 6.42 Å². The van der Waals surface area contributed by atoms with Gasteiger partial charge in [-0.2, -0.15) is 10.2 Å². The standard InChI is InChI=1S/C17H14N6O6/c24-16(20-18-10-12-5-1-3-7-14(12)22(26)27)9-17(25)21-19-11-13-6-2-4-8-15(13)23(28)29/h1-8,10-11H,9H2,(H,20,24)(H,21,25)/b18-10+,19-11+. The first-order chi connectivity index (χ1) is 13.9. The summed E-state index contributed by atoms with van der Waals surface area (Å²) in [7, 11) is 0. The predicted molar refractivity (Wildman–Crippen MR) is 102 cm³/mol. The molecule has 148 valence electrons. The molecule has 0 radical (unpaired) electrons. The first-order valence-corrected chi connectivity index (χ1v) is 7.99. The zero-order chi connectivity index (χ0) is 21.2. The van der Waals surface area contributed by atoms with Crippen LogP contribution in [0.25, 0.3) is 0 Å². The molecule has 0 unspecified atom stereocenters. The Morgan fingerprint density at radius 1 is 0.793 bits per heavy atom. The maximum absolute atomic E-state index is 11.7. The van der Waals surface area contributed by atoms with Crippen LogP contribution >= 0.6 is 0 Å². The lowest BCUT2D eigenvalue weighted by atomic mass is 10.2. The topological polar surface area (TPSA) is 169 Å². The molecular formula is C17H14N6O6. The molecule has 2 aromatic carbocycles. The minimum atomic E-state index is -0.779. The number of hydrazone groups is 2. The van der Waals surface area contributed by atoms with Gasteiger partial charge in [-0.25, -0.2) is 10.9 Å². The summed E-state index contributed by atoms with van der Waals surface area (Å²) < 4.78 is 0. The highest BCUT2D eigenvalue weighted by Gasteiger charge is 2.12. The second-order valence-corrected chi connectivity index (χ2v) is 5.39. The van der Waals surface area contributed by atoms with Crippen molar-refractivity contribution in [1.29, 1.82) is 0 Å². The van der Waals surface area contributed by atoms with Gasteiger partial charge >= 0.3 is 0 Å². The second-order valence-electron chi connectivity index (χ2n) is 5.39. The lowest BCUT2D eigenvalue weighted by Crippen LogP contribution is -2.27. The van der Waals surface area contributed by atoms with Crippen molar-refractivity contribution in [1.82, 2.24) is 10.9 Å². The van der Waals surface area contributed by atoms with E-state index in [1.165, 1.54) is 36.4 Å². The van der Waals surface area contributed by atoms with Crippen LogP contribution in [0.1, 0.15) is 17.5 Å². The molecule has 0 bridgehead atoms. The number of hydrogen-bond acceptors (Lipinski definition) is 8. The molecule has 0 fully saturated rings. The van der Waals surface area contributed by atoms with Crippen molar-refractivity contribution in [2.75, 3.05) is 0 Å². The van der Waals surface area contributed by atoms with Crippen molar-refractivity contribution in [2.24, 2.45) is 10.2 Å². The first-order valence-electron chi connectivity index (χ1n) is 7.99. The summed E-state index contributed by atoms with van der Waals surface area (Å²) in [5.74, 6) is -1.56. The number of para-hydroxylation sites is 2. The number of nitro benzene ring substituents is 2. The van der Waals surface area contributed by atoms with Crippen LogP contribution in [-0.2, 0) is 9.59 Å². The van der Waals surface area contributed by atoms with Gasteiger partial charge in [0.2, 0.25) is 11.8 Å². The smallest absolute Gasteiger partial charge is 0.273 e. The summed E-state index contributed by atoms with van der Waals surface area (Å²) in [5, 5.41) is 28.9. The Kier molecular flexibility index (Phi) is 7.19. The second kappa shape index (κ2) is 10.0. The summed E-state index contributed by atoms with van der Waals surface area (Å²) in [4.78, 5) is 43.9. The number of carbonyl (C=O) groups excluding carboxylic acids is 2. The monoisotopic (exact) mass is 398 g/mol. The number of nitro groups is 2. The van der Waals surface area contributed by atoms with Gasteiger partial charge in [0.05, 0.1) is 33.4 Å². The van der Waals surface area contributed by atoms with E-state index < -0.39 is 28.1 Å². The molecular weight excluding hydrogens is 384 g/mol. The third-order valence-corrected chi connectivity index (χ3v) is 3.37. The third-order valence-electron chi connectivity index (χ3n) is 3.37. The zero-order valence-electron chi connectivity index (χ0n) is 14.7. The average molecular weight is 398 g/mol. The Labute approximate surface area is 163 Å². The number of amides is 2. The summed E-state index contributed by atoms with van der Waals surface area (Å²) in [6.07, 6.45) is 1.55. The minimum absolute atomic E-state index is 0.177.